The van der Waals surface area contributed by atoms with Crippen LogP contribution in [-0.2, 0) is 0 Å². The van der Waals surface area contributed by atoms with Crippen molar-refractivity contribution in [2.75, 3.05) is 7.11 Å². The summed E-state index contributed by atoms with van der Waals surface area (Å²) < 4.78 is 5.32. The second-order valence-electron chi connectivity index (χ2n) is 4.15. The van der Waals surface area contributed by atoms with E-state index in [0.29, 0.717) is 0 Å². The van der Waals surface area contributed by atoms with E-state index in [2.05, 4.69) is 0 Å². The maximum absolute atomic E-state index is 10.3. The molecular formula is C14H16O2S. The van der Waals surface area contributed by atoms with Gasteiger partial charge in [0.15, 0.2) is 0 Å². The van der Waals surface area contributed by atoms with Crippen LogP contribution in [0.4, 0.5) is 0 Å². The van der Waals surface area contributed by atoms with Crippen molar-refractivity contribution in [2.45, 2.75) is 20.0 Å². The van der Waals surface area contributed by atoms with Crippen molar-refractivity contribution in [1.29, 1.82) is 0 Å². The molecule has 2 rings (SSSR count). The molecule has 1 heterocycles. The number of hydrogen-bond acceptors (Lipinski definition) is 3. The lowest BCUT2D eigenvalue weighted by Crippen LogP contribution is -2.01. The Morgan fingerprint density at radius 3 is 2.29 bits per heavy atom. The van der Waals surface area contributed by atoms with Crippen molar-refractivity contribution in [3.8, 4) is 5.75 Å². The third-order valence-electron chi connectivity index (χ3n) is 2.86. The minimum atomic E-state index is -0.551. The van der Waals surface area contributed by atoms with Crippen LogP contribution in [0.15, 0.2) is 29.0 Å². The molecule has 3 heteroatoms. The Morgan fingerprint density at radius 2 is 1.82 bits per heavy atom. The summed E-state index contributed by atoms with van der Waals surface area (Å²) >= 11 is 1.59. The minimum Gasteiger partial charge on any atom is -0.496 e. The molecule has 1 aromatic heterocycles. The highest BCUT2D eigenvalue weighted by Gasteiger charge is 2.14. The summed E-state index contributed by atoms with van der Waals surface area (Å²) in [7, 11) is 1.67. The zero-order chi connectivity index (χ0) is 12.4. The van der Waals surface area contributed by atoms with Crippen molar-refractivity contribution in [3.05, 3.63) is 51.2 Å². The normalized spacial score (nSPS) is 12.5. The number of rotatable bonds is 3. The first-order chi connectivity index (χ1) is 8.13. The fraction of sp³-hybridized carbons (Fsp3) is 0.286. The third-order valence-corrected chi connectivity index (χ3v) is 3.56. The molecule has 0 fully saturated rings. The molecule has 0 aliphatic heterocycles. The van der Waals surface area contributed by atoms with Crippen LogP contribution < -0.4 is 4.74 Å². The summed E-state index contributed by atoms with van der Waals surface area (Å²) in [6.07, 6.45) is -0.551. The van der Waals surface area contributed by atoms with Gasteiger partial charge in [-0.25, -0.2) is 0 Å². The van der Waals surface area contributed by atoms with Gasteiger partial charge >= 0.3 is 0 Å². The average Bonchev–Trinajstić information content (AvgIpc) is 2.81. The summed E-state index contributed by atoms with van der Waals surface area (Å²) in [6.45, 7) is 3.99. The van der Waals surface area contributed by atoms with Crippen LogP contribution in [0.25, 0.3) is 0 Å². The molecule has 0 spiro atoms. The van der Waals surface area contributed by atoms with E-state index in [4.69, 9.17) is 4.74 Å². The monoisotopic (exact) mass is 248 g/mol. The predicted molar refractivity (Wildman–Crippen MR) is 70.8 cm³/mol. The van der Waals surface area contributed by atoms with Crippen LogP contribution in [0.1, 0.15) is 28.4 Å². The number of aliphatic hydroxyl groups is 1. The van der Waals surface area contributed by atoms with Gasteiger partial charge in [-0.1, -0.05) is 0 Å². The molecule has 0 aliphatic rings. The summed E-state index contributed by atoms with van der Waals surface area (Å²) in [5.41, 5.74) is 3.96. The fourth-order valence-corrected chi connectivity index (χ4v) is 2.77. The standard InChI is InChI=1S/C14H16O2S/c1-9-6-12(7-10(2)14(9)16-3)13(15)11-4-5-17-8-11/h4-8,13,15H,1-3H3/t13-/m0/s1. The molecule has 0 radical (unpaired) electrons. The average molecular weight is 248 g/mol. The number of methoxy groups -OCH3 is 1. The first-order valence-electron chi connectivity index (χ1n) is 5.48. The van der Waals surface area contributed by atoms with E-state index >= 15 is 0 Å². The van der Waals surface area contributed by atoms with E-state index in [-0.39, 0.29) is 0 Å². The van der Waals surface area contributed by atoms with Gasteiger partial charge in [0, 0.05) is 0 Å². The highest BCUT2D eigenvalue weighted by molar-refractivity contribution is 7.07. The lowest BCUT2D eigenvalue weighted by molar-refractivity contribution is 0.220. The largest absolute Gasteiger partial charge is 0.496 e. The van der Waals surface area contributed by atoms with Crippen molar-refractivity contribution < 1.29 is 9.84 Å². The zero-order valence-electron chi connectivity index (χ0n) is 10.2. The summed E-state index contributed by atoms with van der Waals surface area (Å²) in [5.74, 6) is 0.895. The Hall–Kier alpha value is -1.32. The van der Waals surface area contributed by atoms with E-state index < -0.39 is 6.10 Å². The van der Waals surface area contributed by atoms with Crippen LogP contribution >= 0.6 is 11.3 Å². The van der Waals surface area contributed by atoms with Crippen LogP contribution in [0, 0.1) is 13.8 Å². The van der Waals surface area contributed by atoms with Gasteiger partial charge in [-0.3, -0.25) is 0 Å². The molecule has 90 valence electrons. The SMILES string of the molecule is COc1c(C)cc([C@@H](O)c2ccsc2)cc1C. The van der Waals surface area contributed by atoms with Gasteiger partial charge in [-0.2, -0.15) is 11.3 Å². The van der Waals surface area contributed by atoms with Crippen molar-refractivity contribution in [2.24, 2.45) is 0 Å². The van der Waals surface area contributed by atoms with Crippen LogP contribution in [0.5, 0.6) is 5.75 Å². The highest BCUT2D eigenvalue weighted by Crippen LogP contribution is 2.30. The Balaban J connectivity index is 2.40. The zero-order valence-corrected chi connectivity index (χ0v) is 11.0. The summed E-state index contributed by atoms with van der Waals surface area (Å²) in [6, 6.07) is 5.91. The summed E-state index contributed by atoms with van der Waals surface area (Å²) in [5, 5.41) is 14.2. The van der Waals surface area contributed by atoms with Gasteiger partial charge < -0.3 is 9.84 Å². The van der Waals surface area contributed by atoms with Crippen LogP contribution in [-0.4, -0.2) is 12.2 Å². The first-order valence-corrected chi connectivity index (χ1v) is 6.43. The topological polar surface area (TPSA) is 29.5 Å². The smallest absolute Gasteiger partial charge is 0.124 e. The molecule has 0 saturated carbocycles. The molecular weight excluding hydrogens is 232 g/mol. The number of ether oxygens (including phenoxy) is 1. The second kappa shape index (κ2) is 4.90. The molecule has 0 aliphatic carbocycles. The van der Waals surface area contributed by atoms with Gasteiger partial charge in [0.1, 0.15) is 11.9 Å². The maximum Gasteiger partial charge on any atom is 0.124 e. The van der Waals surface area contributed by atoms with Gasteiger partial charge in [0.05, 0.1) is 7.11 Å². The second-order valence-corrected chi connectivity index (χ2v) is 4.93. The first kappa shape index (κ1) is 12.1. The van der Waals surface area contributed by atoms with Crippen molar-refractivity contribution in [1.82, 2.24) is 0 Å². The number of benzene rings is 1. The third kappa shape index (κ3) is 2.35. The molecule has 2 aromatic rings. The van der Waals surface area contributed by atoms with Crippen molar-refractivity contribution in [3.63, 3.8) is 0 Å². The van der Waals surface area contributed by atoms with Crippen LogP contribution in [0.2, 0.25) is 0 Å². The molecule has 17 heavy (non-hydrogen) atoms. The number of thiophene rings is 1. The lowest BCUT2D eigenvalue weighted by Gasteiger charge is -2.14. The van der Waals surface area contributed by atoms with Crippen molar-refractivity contribution >= 4 is 11.3 Å². The minimum absolute atomic E-state index is 0.551. The Bertz CT molecular complexity index is 480. The molecule has 1 atom stereocenters. The number of aliphatic hydroxyl groups excluding tert-OH is 1. The van der Waals surface area contributed by atoms with E-state index in [0.717, 1.165) is 28.0 Å². The molecule has 0 bridgehead atoms. The Labute approximate surface area is 105 Å². The predicted octanol–water partition coefficient (Wildman–Crippen LogP) is 3.46. The maximum atomic E-state index is 10.3. The molecule has 1 aromatic carbocycles. The van der Waals surface area contributed by atoms with E-state index in [1.807, 2.05) is 42.8 Å². The Kier molecular flexibility index (Phi) is 3.50. The quantitative estimate of drug-likeness (QED) is 0.901. The lowest BCUT2D eigenvalue weighted by atomic mass is 9.99. The van der Waals surface area contributed by atoms with Gasteiger partial charge in [-0.15, -0.1) is 0 Å². The van der Waals surface area contributed by atoms with E-state index in [1.165, 1.54) is 0 Å². The Morgan fingerprint density at radius 1 is 1.18 bits per heavy atom. The van der Waals surface area contributed by atoms with Gasteiger partial charge in [0.2, 0.25) is 0 Å². The molecule has 0 amide bonds. The highest BCUT2D eigenvalue weighted by atomic mass is 32.1. The van der Waals surface area contributed by atoms with E-state index in [1.54, 1.807) is 18.4 Å². The van der Waals surface area contributed by atoms with Crippen LogP contribution in [0.3, 0.4) is 0 Å². The summed E-state index contributed by atoms with van der Waals surface area (Å²) in [4.78, 5) is 0. The van der Waals surface area contributed by atoms with Gasteiger partial charge in [-0.05, 0) is 65.1 Å². The fourth-order valence-electron chi connectivity index (χ4n) is 2.09. The van der Waals surface area contributed by atoms with Gasteiger partial charge in [0.25, 0.3) is 0 Å². The molecule has 1 N–H and O–H groups in total. The molecule has 0 unspecified atom stereocenters. The number of hydrogen-bond donors (Lipinski definition) is 1. The number of aryl methyl sites for hydroxylation is 2. The molecule has 2 nitrogen and oxygen atoms in total. The van der Waals surface area contributed by atoms with E-state index in [9.17, 15) is 5.11 Å². The molecule has 0 saturated heterocycles.